The molecule has 2 rings (SSSR count). The fourth-order valence-electron chi connectivity index (χ4n) is 1.72. The standard InChI is InChI=1S/C13H13BrF3N3S/c1-3-9-6-19-12(21-9)7(2)20-11-10(13(15,16)17)4-8(14)5-18-11/h4-7H,3H2,1-2H3,(H,18,20). The molecule has 3 nitrogen and oxygen atoms in total. The number of pyridine rings is 1. The molecule has 1 N–H and O–H groups in total. The molecule has 0 aliphatic carbocycles. The lowest BCUT2D eigenvalue weighted by atomic mass is 10.2. The number of hydrogen-bond acceptors (Lipinski definition) is 4. The van der Waals surface area contributed by atoms with Crippen molar-refractivity contribution in [3.8, 4) is 0 Å². The summed E-state index contributed by atoms with van der Waals surface area (Å²) >= 11 is 4.50. The maximum absolute atomic E-state index is 13.0. The Labute approximate surface area is 132 Å². The number of hydrogen-bond donors (Lipinski definition) is 1. The van der Waals surface area contributed by atoms with Crippen molar-refractivity contribution in [2.75, 3.05) is 5.32 Å². The minimum absolute atomic E-state index is 0.188. The minimum atomic E-state index is -4.46. The number of nitrogens with zero attached hydrogens (tertiary/aromatic N) is 2. The third kappa shape index (κ3) is 3.94. The van der Waals surface area contributed by atoms with E-state index in [-0.39, 0.29) is 16.3 Å². The molecule has 2 aromatic heterocycles. The molecule has 0 saturated carbocycles. The molecule has 0 aliphatic rings. The number of rotatable bonds is 4. The summed E-state index contributed by atoms with van der Waals surface area (Å²) in [4.78, 5) is 9.16. The largest absolute Gasteiger partial charge is 0.419 e. The molecule has 0 aromatic carbocycles. The van der Waals surface area contributed by atoms with Crippen LogP contribution < -0.4 is 5.32 Å². The van der Waals surface area contributed by atoms with Crippen LogP contribution in [-0.4, -0.2) is 9.97 Å². The maximum Gasteiger partial charge on any atom is 0.419 e. The molecule has 0 radical (unpaired) electrons. The summed E-state index contributed by atoms with van der Waals surface area (Å²) in [7, 11) is 0. The molecule has 114 valence electrons. The van der Waals surface area contributed by atoms with Crippen LogP contribution >= 0.6 is 27.3 Å². The molecule has 0 bridgehead atoms. The Balaban J connectivity index is 2.26. The SMILES string of the molecule is CCc1cnc(C(C)Nc2ncc(Br)cc2C(F)(F)F)s1. The van der Waals surface area contributed by atoms with E-state index in [2.05, 4.69) is 31.2 Å². The third-order valence-electron chi connectivity index (χ3n) is 2.80. The van der Waals surface area contributed by atoms with E-state index in [1.165, 1.54) is 17.5 Å². The van der Waals surface area contributed by atoms with Crippen molar-refractivity contribution in [3.63, 3.8) is 0 Å². The van der Waals surface area contributed by atoms with Crippen LogP contribution in [0.25, 0.3) is 0 Å². The van der Waals surface area contributed by atoms with Crippen molar-refractivity contribution in [3.05, 3.63) is 38.4 Å². The average Bonchev–Trinajstić information content (AvgIpc) is 2.88. The second kappa shape index (κ2) is 6.31. The van der Waals surface area contributed by atoms with Gasteiger partial charge in [0.1, 0.15) is 10.8 Å². The van der Waals surface area contributed by atoms with Crippen molar-refractivity contribution in [1.29, 1.82) is 0 Å². The topological polar surface area (TPSA) is 37.8 Å². The second-order valence-corrected chi connectivity index (χ2v) is 6.49. The summed E-state index contributed by atoms with van der Waals surface area (Å²) in [6.45, 7) is 3.77. The first-order valence-electron chi connectivity index (χ1n) is 6.25. The van der Waals surface area contributed by atoms with Crippen molar-refractivity contribution in [2.45, 2.75) is 32.5 Å². The van der Waals surface area contributed by atoms with E-state index >= 15 is 0 Å². The van der Waals surface area contributed by atoms with Crippen LogP contribution in [-0.2, 0) is 12.6 Å². The van der Waals surface area contributed by atoms with E-state index in [1.807, 2.05) is 6.92 Å². The summed E-state index contributed by atoms with van der Waals surface area (Å²) in [6.07, 6.45) is -0.521. The fourth-order valence-corrected chi connectivity index (χ4v) is 2.91. The smallest absolute Gasteiger partial charge is 0.361 e. The normalized spacial score (nSPS) is 13.2. The van der Waals surface area contributed by atoms with E-state index < -0.39 is 11.7 Å². The summed E-state index contributed by atoms with van der Waals surface area (Å²) in [6, 6.07) is 0.673. The first-order chi connectivity index (χ1) is 9.81. The van der Waals surface area contributed by atoms with E-state index in [0.29, 0.717) is 0 Å². The number of nitrogens with one attached hydrogen (secondary N) is 1. The number of anilines is 1. The molecule has 0 saturated heterocycles. The number of halogens is 4. The van der Waals surface area contributed by atoms with Gasteiger partial charge in [0.25, 0.3) is 0 Å². The highest BCUT2D eigenvalue weighted by Gasteiger charge is 2.35. The van der Waals surface area contributed by atoms with Gasteiger partial charge in [0, 0.05) is 21.7 Å². The molecule has 1 atom stereocenters. The van der Waals surface area contributed by atoms with Gasteiger partial charge >= 0.3 is 6.18 Å². The Kier molecular flexibility index (Phi) is 4.88. The number of aryl methyl sites for hydroxylation is 1. The number of thiazole rings is 1. The Bertz CT molecular complexity index is 627. The van der Waals surface area contributed by atoms with Crippen molar-refractivity contribution in [1.82, 2.24) is 9.97 Å². The number of alkyl halides is 3. The molecule has 8 heteroatoms. The highest BCUT2D eigenvalue weighted by molar-refractivity contribution is 9.10. The quantitative estimate of drug-likeness (QED) is 0.806. The Hall–Kier alpha value is -1.15. The molecule has 1 unspecified atom stereocenters. The van der Waals surface area contributed by atoms with E-state index in [9.17, 15) is 13.2 Å². The minimum Gasteiger partial charge on any atom is -0.361 e. The Morgan fingerprint density at radius 3 is 2.62 bits per heavy atom. The van der Waals surface area contributed by atoms with Gasteiger partial charge in [-0.05, 0) is 35.3 Å². The van der Waals surface area contributed by atoms with Gasteiger partial charge in [-0.3, -0.25) is 0 Å². The second-order valence-electron chi connectivity index (χ2n) is 4.43. The lowest BCUT2D eigenvalue weighted by Crippen LogP contribution is -2.15. The number of aromatic nitrogens is 2. The van der Waals surface area contributed by atoms with Crippen LogP contribution in [0.1, 0.15) is 35.3 Å². The van der Waals surface area contributed by atoms with Gasteiger partial charge in [-0.25, -0.2) is 9.97 Å². The Morgan fingerprint density at radius 1 is 1.33 bits per heavy atom. The van der Waals surface area contributed by atoms with Gasteiger partial charge in [-0.2, -0.15) is 13.2 Å². The molecule has 2 aromatic rings. The van der Waals surface area contributed by atoms with Gasteiger partial charge < -0.3 is 5.32 Å². The average molecular weight is 380 g/mol. The molecule has 0 fully saturated rings. The predicted molar refractivity (Wildman–Crippen MR) is 80.5 cm³/mol. The van der Waals surface area contributed by atoms with Gasteiger partial charge in [0.2, 0.25) is 0 Å². The van der Waals surface area contributed by atoms with E-state index in [1.54, 1.807) is 13.1 Å². The first-order valence-corrected chi connectivity index (χ1v) is 7.86. The zero-order valence-electron chi connectivity index (χ0n) is 11.3. The van der Waals surface area contributed by atoms with Crippen LogP contribution in [0.5, 0.6) is 0 Å². The summed E-state index contributed by atoms with van der Waals surface area (Å²) in [5.74, 6) is -0.188. The van der Waals surface area contributed by atoms with Crippen molar-refractivity contribution in [2.24, 2.45) is 0 Å². The van der Waals surface area contributed by atoms with Gasteiger partial charge in [0.15, 0.2) is 0 Å². The zero-order chi connectivity index (χ0) is 15.6. The monoisotopic (exact) mass is 379 g/mol. The fraction of sp³-hybridized carbons (Fsp3) is 0.385. The summed E-state index contributed by atoms with van der Waals surface area (Å²) in [5.41, 5.74) is -0.795. The van der Waals surface area contributed by atoms with Gasteiger partial charge in [-0.15, -0.1) is 11.3 Å². The highest BCUT2D eigenvalue weighted by Crippen LogP contribution is 2.36. The molecule has 21 heavy (non-hydrogen) atoms. The van der Waals surface area contributed by atoms with Crippen molar-refractivity contribution < 1.29 is 13.2 Å². The molecule has 0 amide bonds. The van der Waals surface area contributed by atoms with Crippen LogP contribution in [0.2, 0.25) is 0 Å². The van der Waals surface area contributed by atoms with Gasteiger partial charge in [-0.1, -0.05) is 6.92 Å². The summed E-state index contributed by atoms with van der Waals surface area (Å²) in [5, 5.41) is 3.53. The first kappa shape index (κ1) is 16.2. The highest BCUT2D eigenvalue weighted by atomic mass is 79.9. The summed E-state index contributed by atoms with van der Waals surface area (Å²) < 4.78 is 39.4. The van der Waals surface area contributed by atoms with Crippen LogP contribution in [0.3, 0.4) is 0 Å². The predicted octanol–water partition coefficient (Wildman–Crippen LogP) is 5.05. The molecule has 2 heterocycles. The lowest BCUT2D eigenvalue weighted by Gasteiger charge is -2.17. The van der Waals surface area contributed by atoms with E-state index in [0.717, 1.165) is 22.4 Å². The molecule has 0 spiro atoms. The Morgan fingerprint density at radius 2 is 2.05 bits per heavy atom. The molecular formula is C13H13BrF3N3S. The van der Waals surface area contributed by atoms with Crippen LogP contribution in [0.15, 0.2) is 22.9 Å². The lowest BCUT2D eigenvalue weighted by molar-refractivity contribution is -0.137. The molecule has 0 aliphatic heterocycles. The van der Waals surface area contributed by atoms with Crippen LogP contribution in [0.4, 0.5) is 19.0 Å². The molecular weight excluding hydrogens is 367 g/mol. The maximum atomic E-state index is 13.0. The van der Waals surface area contributed by atoms with Gasteiger partial charge in [0.05, 0.1) is 11.6 Å². The van der Waals surface area contributed by atoms with Crippen LogP contribution in [0, 0.1) is 0 Å². The zero-order valence-corrected chi connectivity index (χ0v) is 13.7. The van der Waals surface area contributed by atoms with E-state index in [4.69, 9.17) is 0 Å². The van der Waals surface area contributed by atoms with Crippen molar-refractivity contribution >= 4 is 33.1 Å². The third-order valence-corrected chi connectivity index (χ3v) is 4.56.